The Bertz CT molecular complexity index is 752. The van der Waals surface area contributed by atoms with E-state index in [9.17, 15) is 9.59 Å². The zero-order valence-corrected chi connectivity index (χ0v) is 13.5. The van der Waals surface area contributed by atoms with Gasteiger partial charge in [0.2, 0.25) is 0 Å². The maximum absolute atomic E-state index is 11.9. The van der Waals surface area contributed by atoms with Crippen molar-refractivity contribution in [1.29, 1.82) is 0 Å². The minimum atomic E-state index is -0.842. The van der Waals surface area contributed by atoms with Gasteiger partial charge < -0.3 is 5.32 Å². The van der Waals surface area contributed by atoms with E-state index in [1.54, 1.807) is 24.3 Å². The van der Waals surface area contributed by atoms with E-state index in [4.69, 9.17) is 11.6 Å². The summed E-state index contributed by atoms with van der Waals surface area (Å²) < 4.78 is 0. The lowest BCUT2D eigenvalue weighted by Gasteiger charge is -2.10. The molecule has 0 spiro atoms. The smallest absolute Gasteiger partial charge is 0.317 e. The number of hydrogen-bond donors (Lipinski definition) is 2. The van der Waals surface area contributed by atoms with E-state index in [0.717, 1.165) is 11.1 Å². The van der Waals surface area contributed by atoms with E-state index < -0.39 is 11.8 Å². The van der Waals surface area contributed by atoms with Crippen LogP contribution in [0, 0.1) is 13.8 Å². The summed E-state index contributed by atoms with van der Waals surface area (Å²) in [6.45, 7) is 3.72. The minimum absolute atomic E-state index is 0.563. The van der Waals surface area contributed by atoms with Gasteiger partial charge in [0.1, 0.15) is 0 Å². The average molecular weight is 330 g/mol. The van der Waals surface area contributed by atoms with Crippen molar-refractivity contribution in [3.63, 3.8) is 0 Å². The summed E-state index contributed by atoms with van der Waals surface area (Å²) in [5.41, 5.74) is 5.30. The third kappa shape index (κ3) is 4.66. The first-order chi connectivity index (χ1) is 11.0. The fourth-order valence-electron chi connectivity index (χ4n) is 1.99. The van der Waals surface area contributed by atoms with E-state index >= 15 is 0 Å². The van der Waals surface area contributed by atoms with E-state index in [-0.39, 0.29) is 0 Å². The maximum Gasteiger partial charge on any atom is 0.329 e. The Kier molecular flexibility index (Phi) is 5.49. The number of rotatable bonds is 3. The number of amides is 2. The molecule has 0 aromatic heterocycles. The van der Waals surface area contributed by atoms with Crippen LogP contribution >= 0.6 is 11.6 Å². The van der Waals surface area contributed by atoms with Crippen LogP contribution < -0.4 is 10.7 Å². The van der Waals surface area contributed by atoms with Crippen LogP contribution in [0.1, 0.15) is 16.7 Å². The molecule has 0 radical (unpaired) electrons. The average Bonchev–Trinajstić information content (AvgIpc) is 2.51. The third-order valence-electron chi connectivity index (χ3n) is 3.15. The van der Waals surface area contributed by atoms with Gasteiger partial charge >= 0.3 is 11.8 Å². The van der Waals surface area contributed by atoms with Crippen molar-refractivity contribution in [2.45, 2.75) is 13.8 Å². The standard InChI is InChI=1S/C17H16ClN3O2/c1-11-5-3-6-12(2)15(11)20-16(22)17(23)21-19-10-13-7-4-8-14(18)9-13/h3-10H,1-2H3,(H,20,22)(H,21,23)/b19-10-. The molecule has 0 aliphatic carbocycles. The summed E-state index contributed by atoms with van der Waals surface area (Å²) in [4.78, 5) is 23.7. The van der Waals surface area contributed by atoms with Gasteiger partial charge in [-0.15, -0.1) is 0 Å². The van der Waals surface area contributed by atoms with Crippen molar-refractivity contribution in [3.05, 3.63) is 64.2 Å². The number of hydrogen-bond acceptors (Lipinski definition) is 3. The van der Waals surface area contributed by atoms with Crippen LogP contribution in [0.3, 0.4) is 0 Å². The van der Waals surface area contributed by atoms with E-state index in [1.165, 1.54) is 6.21 Å². The normalized spacial score (nSPS) is 10.6. The molecule has 2 N–H and O–H groups in total. The molecular formula is C17H16ClN3O2. The highest BCUT2D eigenvalue weighted by atomic mass is 35.5. The highest BCUT2D eigenvalue weighted by Crippen LogP contribution is 2.19. The third-order valence-corrected chi connectivity index (χ3v) is 3.39. The van der Waals surface area contributed by atoms with Gasteiger partial charge in [-0.1, -0.05) is 41.9 Å². The van der Waals surface area contributed by atoms with E-state index in [0.29, 0.717) is 16.3 Å². The van der Waals surface area contributed by atoms with Crippen molar-refractivity contribution in [2.75, 3.05) is 5.32 Å². The van der Waals surface area contributed by atoms with Crippen LogP contribution in [-0.4, -0.2) is 18.0 Å². The molecule has 0 aliphatic rings. The molecule has 0 saturated heterocycles. The molecule has 6 heteroatoms. The molecule has 0 unspecified atom stereocenters. The first-order valence-corrected chi connectivity index (χ1v) is 7.31. The molecule has 0 saturated carbocycles. The topological polar surface area (TPSA) is 70.6 Å². The Labute approximate surface area is 139 Å². The molecule has 23 heavy (non-hydrogen) atoms. The molecule has 5 nitrogen and oxygen atoms in total. The van der Waals surface area contributed by atoms with Gasteiger partial charge in [0, 0.05) is 10.7 Å². The van der Waals surface area contributed by atoms with Gasteiger partial charge in [-0.3, -0.25) is 9.59 Å². The molecule has 2 aromatic rings. The van der Waals surface area contributed by atoms with Crippen LogP contribution in [0.4, 0.5) is 5.69 Å². The largest absolute Gasteiger partial charge is 0.329 e. The van der Waals surface area contributed by atoms with Crippen LogP contribution in [0.2, 0.25) is 5.02 Å². The molecular weight excluding hydrogens is 314 g/mol. The van der Waals surface area contributed by atoms with Gasteiger partial charge in [0.05, 0.1) is 6.21 Å². The molecule has 2 amide bonds. The number of aryl methyl sites for hydroxylation is 2. The van der Waals surface area contributed by atoms with Gasteiger partial charge in [-0.05, 0) is 42.7 Å². The predicted octanol–water partition coefficient (Wildman–Crippen LogP) is 3.05. The van der Waals surface area contributed by atoms with Gasteiger partial charge in [0.25, 0.3) is 0 Å². The van der Waals surface area contributed by atoms with Gasteiger partial charge in [-0.25, -0.2) is 5.43 Å². The van der Waals surface area contributed by atoms with Crippen molar-refractivity contribution >= 4 is 35.3 Å². The molecule has 118 valence electrons. The second kappa shape index (κ2) is 7.56. The summed E-state index contributed by atoms with van der Waals surface area (Å²) in [6.07, 6.45) is 1.41. The Hall–Kier alpha value is -2.66. The number of nitrogens with zero attached hydrogens (tertiary/aromatic N) is 1. The van der Waals surface area contributed by atoms with Crippen molar-refractivity contribution in [2.24, 2.45) is 5.10 Å². The first kappa shape index (κ1) is 16.7. The second-order valence-corrected chi connectivity index (χ2v) is 5.41. The molecule has 2 rings (SSSR count). The zero-order valence-electron chi connectivity index (χ0n) is 12.8. The van der Waals surface area contributed by atoms with Gasteiger partial charge in [0.15, 0.2) is 0 Å². The summed E-state index contributed by atoms with van der Waals surface area (Å²) in [5, 5.41) is 6.90. The number of carbonyl (C=O) groups excluding carboxylic acids is 2. The fourth-order valence-corrected chi connectivity index (χ4v) is 2.18. The molecule has 2 aromatic carbocycles. The lowest BCUT2D eigenvalue weighted by atomic mass is 10.1. The first-order valence-electron chi connectivity index (χ1n) is 6.93. The predicted molar refractivity (Wildman–Crippen MR) is 91.7 cm³/mol. The highest BCUT2D eigenvalue weighted by molar-refractivity contribution is 6.39. The summed E-state index contributed by atoms with van der Waals surface area (Å²) in [6, 6.07) is 12.6. The summed E-state index contributed by atoms with van der Waals surface area (Å²) >= 11 is 5.84. The van der Waals surface area contributed by atoms with E-state index in [1.807, 2.05) is 32.0 Å². The minimum Gasteiger partial charge on any atom is -0.317 e. The Balaban J connectivity index is 1.97. The molecule has 0 heterocycles. The van der Waals surface area contributed by atoms with Crippen molar-refractivity contribution < 1.29 is 9.59 Å². The number of halogens is 1. The lowest BCUT2D eigenvalue weighted by Crippen LogP contribution is -2.32. The van der Waals surface area contributed by atoms with Crippen LogP contribution in [0.25, 0.3) is 0 Å². The quantitative estimate of drug-likeness (QED) is 0.516. The number of carbonyl (C=O) groups is 2. The fraction of sp³-hybridized carbons (Fsp3) is 0.118. The van der Waals surface area contributed by atoms with Crippen LogP contribution in [0.5, 0.6) is 0 Å². The Morgan fingerprint density at radius 3 is 2.35 bits per heavy atom. The lowest BCUT2D eigenvalue weighted by molar-refractivity contribution is -0.136. The number of benzene rings is 2. The molecule has 0 bridgehead atoms. The van der Waals surface area contributed by atoms with Crippen molar-refractivity contribution in [1.82, 2.24) is 5.43 Å². The number of anilines is 1. The SMILES string of the molecule is Cc1cccc(C)c1NC(=O)C(=O)N/N=C\c1cccc(Cl)c1. The molecule has 0 aliphatic heterocycles. The van der Waals surface area contributed by atoms with Crippen LogP contribution in [-0.2, 0) is 9.59 Å². The van der Waals surface area contributed by atoms with Crippen molar-refractivity contribution in [3.8, 4) is 0 Å². The second-order valence-electron chi connectivity index (χ2n) is 4.98. The number of para-hydroxylation sites is 1. The number of hydrazone groups is 1. The van der Waals surface area contributed by atoms with E-state index in [2.05, 4.69) is 15.8 Å². The zero-order chi connectivity index (χ0) is 16.8. The summed E-state index contributed by atoms with van der Waals surface area (Å²) in [7, 11) is 0. The highest BCUT2D eigenvalue weighted by Gasteiger charge is 2.14. The summed E-state index contributed by atoms with van der Waals surface area (Å²) in [5.74, 6) is -1.61. The monoisotopic (exact) mass is 329 g/mol. The number of nitrogens with one attached hydrogen (secondary N) is 2. The Morgan fingerprint density at radius 2 is 1.70 bits per heavy atom. The Morgan fingerprint density at radius 1 is 1.04 bits per heavy atom. The van der Waals surface area contributed by atoms with Gasteiger partial charge in [-0.2, -0.15) is 5.10 Å². The maximum atomic E-state index is 11.9. The molecule has 0 fully saturated rings. The molecule has 0 atom stereocenters. The van der Waals surface area contributed by atoms with Crippen LogP contribution in [0.15, 0.2) is 47.6 Å².